The van der Waals surface area contributed by atoms with Crippen LogP contribution in [0, 0.1) is 5.92 Å². The van der Waals surface area contributed by atoms with Gasteiger partial charge in [0.05, 0.1) is 4.47 Å². The van der Waals surface area contributed by atoms with Crippen molar-refractivity contribution in [1.82, 2.24) is 5.32 Å². The molecule has 1 aliphatic carbocycles. The summed E-state index contributed by atoms with van der Waals surface area (Å²) in [6, 6.07) is 4.90. The highest BCUT2D eigenvalue weighted by molar-refractivity contribution is 9.10. The van der Waals surface area contributed by atoms with E-state index >= 15 is 0 Å². The van der Waals surface area contributed by atoms with Crippen LogP contribution >= 0.6 is 15.9 Å². The SMILES string of the molecule is CC(C)NCC1CC1c1cc(Br)c2c(c1)OCCO2. The largest absolute Gasteiger partial charge is 0.486 e. The molecule has 1 heterocycles. The number of benzene rings is 1. The van der Waals surface area contributed by atoms with Crippen molar-refractivity contribution in [3.8, 4) is 11.5 Å². The zero-order valence-electron chi connectivity index (χ0n) is 11.4. The van der Waals surface area contributed by atoms with Gasteiger partial charge in [0.15, 0.2) is 11.5 Å². The zero-order valence-corrected chi connectivity index (χ0v) is 13.0. The Kier molecular flexibility index (Phi) is 3.72. The normalized spacial score (nSPS) is 24.6. The number of halogens is 1. The molecule has 0 saturated heterocycles. The van der Waals surface area contributed by atoms with E-state index in [0.717, 1.165) is 28.4 Å². The van der Waals surface area contributed by atoms with Gasteiger partial charge in [-0.2, -0.15) is 0 Å². The van der Waals surface area contributed by atoms with Crippen LogP contribution in [0.5, 0.6) is 11.5 Å². The zero-order chi connectivity index (χ0) is 13.4. The van der Waals surface area contributed by atoms with Gasteiger partial charge in [-0.15, -0.1) is 0 Å². The highest BCUT2D eigenvalue weighted by atomic mass is 79.9. The third-order valence-corrected chi connectivity index (χ3v) is 4.35. The molecule has 104 valence electrons. The van der Waals surface area contributed by atoms with Crippen LogP contribution in [-0.2, 0) is 0 Å². The summed E-state index contributed by atoms with van der Waals surface area (Å²) in [5.41, 5.74) is 1.37. The summed E-state index contributed by atoms with van der Waals surface area (Å²) in [5, 5.41) is 3.52. The molecule has 3 rings (SSSR count). The fourth-order valence-electron chi connectivity index (χ4n) is 2.61. The Morgan fingerprint density at radius 1 is 1.32 bits per heavy atom. The lowest BCUT2D eigenvalue weighted by atomic mass is 10.1. The maximum Gasteiger partial charge on any atom is 0.175 e. The Morgan fingerprint density at radius 2 is 2.11 bits per heavy atom. The molecule has 1 fully saturated rings. The van der Waals surface area contributed by atoms with E-state index in [1.807, 2.05) is 0 Å². The molecule has 3 nitrogen and oxygen atoms in total. The molecule has 0 aromatic heterocycles. The number of ether oxygens (including phenoxy) is 2. The van der Waals surface area contributed by atoms with Crippen molar-refractivity contribution < 1.29 is 9.47 Å². The fourth-order valence-corrected chi connectivity index (χ4v) is 3.19. The van der Waals surface area contributed by atoms with E-state index in [1.165, 1.54) is 12.0 Å². The highest BCUT2D eigenvalue weighted by Crippen LogP contribution is 2.50. The van der Waals surface area contributed by atoms with E-state index < -0.39 is 0 Å². The second-order valence-electron chi connectivity index (χ2n) is 5.69. The van der Waals surface area contributed by atoms with Gasteiger partial charge in [0, 0.05) is 6.04 Å². The lowest BCUT2D eigenvalue weighted by Gasteiger charge is -2.20. The standard InChI is InChI=1S/C15H20BrNO2/c1-9(2)17-8-11-5-12(11)10-6-13(16)15-14(7-10)18-3-4-19-15/h6-7,9,11-12,17H,3-5,8H2,1-2H3. The molecular weight excluding hydrogens is 306 g/mol. The van der Waals surface area contributed by atoms with Gasteiger partial charge < -0.3 is 14.8 Å². The third kappa shape index (κ3) is 2.90. The molecule has 0 radical (unpaired) electrons. The number of hydrogen-bond acceptors (Lipinski definition) is 3. The van der Waals surface area contributed by atoms with Crippen LogP contribution in [0.2, 0.25) is 0 Å². The topological polar surface area (TPSA) is 30.5 Å². The van der Waals surface area contributed by atoms with Crippen LogP contribution in [0.4, 0.5) is 0 Å². The van der Waals surface area contributed by atoms with Crippen molar-refractivity contribution in [1.29, 1.82) is 0 Å². The van der Waals surface area contributed by atoms with E-state index in [1.54, 1.807) is 0 Å². The summed E-state index contributed by atoms with van der Waals surface area (Å²) in [6.45, 7) is 6.77. The molecule has 19 heavy (non-hydrogen) atoms. The minimum atomic E-state index is 0.563. The molecule has 2 unspecified atom stereocenters. The predicted molar refractivity (Wildman–Crippen MR) is 79.1 cm³/mol. The Hall–Kier alpha value is -0.740. The first-order valence-corrected chi connectivity index (χ1v) is 7.77. The van der Waals surface area contributed by atoms with E-state index in [2.05, 4.69) is 47.2 Å². The van der Waals surface area contributed by atoms with Crippen molar-refractivity contribution in [3.05, 3.63) is 22.2 Å². The molecule has 0 amide bonds. The fraction of sp³-hybridized carbons (Fsp3) is 0.600. The lowest BCUT2D eigenvalue weighted by molar-refractivity contribution is 0.170. The van der Waals surface area contributed by atoms with Crippen molar-refractivity contribution in [2.75, 3.05) is 19.8 Å². The number of hydrogen-bond donors (Lipinski definition) is 1. The first-order valence-electron chi connectivity index (χ1n) is 6.97. The summed E-state index contributed by atoms with van der Waals surface area (Å²) in [4.78, 5) is 0. The quantitative estimate of drug-likeness (QED) is 0.921. The van der Waals surface area contributed by atoms with E-state index in [0.29, 0.717) is 25.2 Å². The van der Waals surface area contributed by atoms with Crippen LogP contribution in [0.25, 0.3) is 0 Å². The van der Waals surface area contributed by atoms with E-state index in [-0.39, 0.29) is 0 Å². The van der Waals surface area contributed by atoms with Crippen LogP contribution in [0.1, 0.15) is 31.7 Å². The molecule has 0 spiro atoms. The number of nitrogens with one attached hydrogen (secondary N) is 1. The molecule has 1 aromatic carbocycles. The molecule has 1 N–H and O–H groups in total. The van der Waals surface area contributed by atoms with Crippen molar-refractivity contribution in [2.24, 2.45) is 5.92 Å². The molecular formula is C15H20BrNO2. The smallest absolute Gasteiger partial charge is 0.175 e. The maximum absolute atomic E-state index is 5.69. The van der Waals surface area contributed by atoms with Gasteiger partial charge in [0.25, 0.3) is 0 Å². The van der Waals surface area contributed by atoms with Crippen LogP contribution < -0.4 is 14.8 Å². The van der Waals surface area contributed by atoms with Crippen LogP contribution in [0.15, 0.2) is 16.6 Å². The minimum Gasteiger partial charge on any atom is -0.486 e. The van der Waals surface area contributed by atoms with Crippen molar-refractivity contribution in [2.45, 2.75) is 32.2 Å². The van der Waals surface area contributed by atoms with Crippen molar-refractivity contribution in [3.63, 3.8) is 0 Å². The molecule has 1 aromatic rings. The molecule has 1 aliphatic heterocycles. The average molecular weight is 326 g/mol. The number of fused-ring (bicyclic) bond motifs is 1. The predicted octanol–water partition coefficient (Wildman–Crippen LogP) is 3.32. The third-order valence-electron chi connectivity index (χ3n) is 3.76. The van der Waals surface area contributed by atoms with Gasteiger partial charge in [0.2, 0.25) is 0 Å². The Balaban J connectivity index is 1.71. The summed E-state index contributed by atoms with van der Waals surface area (Å²) in [6.07, 6.45) is 1.27. The molecule has 2 aliphatic rings. The summed E-state index contributed by atoms with van der Waals surface area (Å²) < 4.78 is 12.3. The van der Waals surface area contributed by atoms with Gasteiger partial charge in [0.1, 0.15) is 13.2 Å². The Bertz CT molecular complexity index is 475. The monoisotopic (exact) mass is 325 g/mol. The van der Waals surface area contributed by atoms with Gasteiger partial charge in [-0.1, -0.05) is 13.8 Å². The van der Waals surface area contributed by atoms with Crippen molar-refractivity contribution >= 4 is 15.9 Å². The number of rotatable bonds is 4. The Morgan fingerprint density at radius 3 is 2.89 bits per heavy atom. The summed E-state index contributed by atoms with van der Waals surface area (Å²) in [7, 11) is 0. The van der Waals surface area contributed by atoms with E-state index in [9.17, 15) is 0 Å². The van der Waals surface area contributed by atoms with Gasteiger partial charge in [-0.25, -0.2) is 0 Å². The minimum absolute atomic E-state index is 0.563. The van der Waals surface area contributed by atoms with Crippen LogP contribution in [0.3, 0.4) is 0 Å². The van der Waals surface area contributed by atoms with Crippen LogP contribution in [-0.4, -0.2) is 25.8 Å². The first-order chi connectivity index (χ1) is 9.15. The second-order valence-corrected chi connectivity index (χ2v) is 6.55. The first kappa shape index (κ1) is 13.3. The Labute approximate surface area is 122 Å². The maximum atomic E-state index is 5.69. The van der Waals surface area contributed by atoms with Gasteiger partial charge in [-0.05, 0) is 58.4 Å². The average Bonchev–Trinajstić information content (AvgIpc) is 3.16. The summed E-state index contributed by atoms with van der Waals surface area (Å²) in [5.74, 6) is 3.17. The second kappa shape index (κ2) is 5.33. The molecule has 1 saturated carbocycles. The summed E-state index contributed by atoms with van der Waals surface area (Å²) >= 11 is 3.59. The molecule has 4 heteroatoms. The van der Waals surface area contributed by atoms with E-state index in [4.69, 9.17) is 9.47 Å². The van der Waals surface area contributed by atoms with Gasteiger partial charge in [-0.3, -0.25) is 0 Å². The molecule has 2 atom stereocenters. The lowest BCUT2D eigenvalue weighted by Crippen LogP contribution is -2.25. The molecule has 0 bridgehead atoms. The highest BCUT2D eigenvalue weighted by Gasteiger charge is 2.38. The van der Waals surface area contributed by atoms with Gasteiger partial charge >= 0.3 is 0 Å².